The summed E-state index contributed by atoms with van der Waals surface area (Å²) in [6.45, 7) is 10.9. The van der Waals surface area contributed by atoms with Gasteiger partial charge in [-0.1, -0.05) is 27.4 Å². The molecule has 0 aliphatic rings. The van der Waals surface area contributed by atoms with Crippen LogP contribution < -0.4 is 0 Å². The zero-order valence-electron chi connectivity index (χ0n) is 12.2. The van der Waals surface area contributed by atoms with Crippen molar-refractivity contribution in [1.29, 1.82) is 0 Å². The molecular weight excluding hydrogens is 264 g/mol. The highest BCUT2D eigenvalue weighted by Crippen LogP contribution is 2.03. The molecule has 0 aromatic carbocycles. The Morgan fingerprint density at radius 3 is 2.16 bits per heavy atom. The second-order valence-electron chi connectivity index (χ2n) is 4.03. The first-order chi connectivity index (χ1) is 9.17. The molecule has 0 spiro atoms. The summed E-state index contributed by atoms with van der Waals surface area (Å²) in [5, 5.41) is 0. The van der Waals surface area contributed by atoms with E-state index in [2.05, 4.69) is 6.58 Å². The Morgan fingerprint density at radius 2 is 1.74 bits per heavy atom. The number of hydrogen-bond donors (Lipinski definition) is 0. The number of carbonyl (C=O) groups excluding carboxylic acids is 1. The molecule has 0 aliphatic carbocycles. The molecule has 0 bridgehead atoms. The van der Waals surface area contributed by atoms with Crippen LogP contribution in [0, 0.1) is 0 Å². The molecule has 0 radical (unpaired) electrons. The van der Waals surface area contributed by atoms with Crippen LogP contribution in [0.3, 0.4) is 0 Å². The van der Waals surface area contributed by atoms with Crippen molar-refractivity contribution in [1.82, 2.24) is 0 Å². The predicted octanol–water partition coefficient (Wildman–Crippen LogP) is 2.08. The van der Waals surface area contributed by atoms with E-state index in [1.54, 1.807) is 0 Å². The molecule has 0 rings (SSSR count). The van der Waals surface area contributed by atoms with Gasteiger partial charge in [0.05, 0.1) is 6.61 Å². The maximum Gasteiger partial charge on any atom is 0.484 e. The second kappa shape index (κ2) is 12.3. The number of ether oxygens (including phenoxy) is 1. The topological polar surface area (TPSA) is 54.0 Å². The highest BCUT2D eigenvalue weighted by molar-refractivity contribution is 6.36. The Hall–Kier alpha value is -0.693. The van der Waals surface area contributed by atoms with Crippen LogP contribution in [0.25, 0.3) is 0 Å². The van der Waals surface area contributed by atoms with Crippen LogP contribution in [-0.2, 0) is 22.8 Å². The van der Waals surface area contributed by atoms with E-state index in [0.717, 1.165) is 18.9 Å². The van der Waals surface area contributed by atoms with Crippen LogP contribution in [0.4, 0.5) is 0 Å². The van der Waals surface area contributed by atoms with E-state index < -0.39 is 15.5 Å². The lowest BCUT2D eigenvalue weighted by atomic mass is 10.3. The van der Waals surface area contributed by atoms with Crippen molar-refractivity contribution >= 4 is 15.5 Å². The molecule has 0 heterocycles. The van der Waals surface area contributed by atoms with Crippen molar-refractivity contribution in [2.24, 2.45) is 0 Å². The fourth-order valence-electron chi connectivity index (χ4n) is 1.21. The molecule has 0 aromatic rings. The van der Waals surface area contributed by atoms with Gasteiger partial charge in [-0.15, -0.1) is 0 Å². The quantitative estimate of drug-likeness (QED) is 0.313. The molecule has 1 atom stereocenters. The van der Waals surface area contributed by atoms with E-state index in [0.29, 0.717) is 26.2 Å². The Morgan fingerprint density at radius 1 is 1.16 bits per heavy atom. The lowest BCUT2D eigenvalue weighted by molar-refractivity contribution is -0.145. The van der Waals surface area contributed by atoms with E-state index in [1.165, 1.54) is 0 Å². The number of hydrogen-bond acceptors (Lipinski definition) is 5. The average molecular weight is 290 g/mol. The van der Waals surface area contributed by atoms with Gasteiger partial charge in [-0.3, -0.25) is 0 Å². The summed E-state index contributed by atoms with van der Waals surface area (Å²) >= 11 is 0. The van der Waals surface area contributed by atoms with Gasteiger partial charge in [0.1, 0.15) is 6.10 Å². The zero-order chi connectivity index (χ0) is 14.5. The molecule has 0 aromatic heterocycles. The third-order valence-corrected chi connectivity index (χ3v) is 3.72. The Balaban J connectivity index is 4.08. The molecule has 0 fully saturated rings. The van der Waals surface area contributed by atoms with Crippen LogP contribution in [0.5, 0.6) is 0 Å². The summed E-state index contributed by atoms with van der Waals surface area (Å²) in [5.74, 6) is -0.433. The smallest absolute Gasteiger partial charge is 0.457 e. The average Bonchev–Trinajstić information content (AvgIpc) is 2.44. The largest absolute Gasteiger partial charge is 0.484 e. The van der Waals surface area contributed by atoms with Gasteiger partial charge in [-0.05, 0) is 19.3 Å². The summed E-state index contributed by atoms with van der Waals surface area (Å²) in [4.78, 5) is 11.1. The first kappa shape index (κ1) is 18.3. The van der Waals surface area contributed by atoms with E-state index in [9.17, 15) is 4.79 Å². The van der Waals surface area contributed by atoms with Crippen LogP contribution >= 0.6 is 0 Å². The minimum absolute atomic E-state index is 0.282. The Labute approximate surface area is 117 Å². The van der Waals surface area contributed by atoms with Gasteiger partial charge in [0.2, 0.25) is 0 Å². The minimum atomic E-state index is -2.11. The van der Waals surface area contributed by atoms with Crippen molar-refractivity contribution in [3.63, 3.8) is 0 Å². The number of rotatable bonds is 12. The molecule has 19 heavy (non-hydrogen) atoms. The van der Waals surface area contributed by atoms with Crippen LogP contribution in [0.1, 0.15) is 40.0 Å². The molecule has 112 valence electrons. The fourth-order valence-corrected chi connectivity index (χ4v) is 2.72. The van der Waals surface area contributed by atoms with Gasteiger partial charge in [0.15, 0.2) is 0 Å². The summed E-state index contributed by atoms with van der Waals surface area (Å²) in [6, 6.07) is 0. The third kappa shape index (κ3) is 9.83. The van der Waals surface area contributed by atoms with Gasteiger partial charge in [-0.2, -0.15) is 0 Å². The molecular formula is C13H26O5Si. The van der Waals surface area contributed by atoms with Crippen LogP contribution in [-0.4, -0.2) is 41.4 Å². The second-order valence-corrected chi connectivity index (χ2v) is 5.61. The molecule has 0 amide bonds. The summed E-state index contributed by atoms with van der Waals surface area (Å²) in [5.41, 5.74) is 0. The SMILES string of the molecule is C=CC(=O)OC(CC)CO[SiH](OCCC)OCCC. The summed E-state index contributed by atoms with van der Waals surface area (Å²) < 4.78 is 21.9. The summed E-state index contributed by atoms with van der Waals surface area (Å²) in [6.07, 6.45) is 3.40. The lowest BCUT2D eigenvalue weighted by Gasteiger charge is -2.20. The molecule has 0 saturated heterocycles. The fraction of sp³-hybridized carbons (Fsp3) is 0.769. The molecule has 1 unspecified atom stereocenters. The van der Waals surface area contributed by atoms with Crippen molar-refractivity contribution in [2.45, 2.75) is 46.1 Å². The van der Waals surface area contributed by atoms with Crippen molar-refractivity contribution in [2.75, 3.05) is 19.8 Å². The molecule has 5 nitrogen and oxygen atoms in total. The van der Waals surface area contributed by atoms with E-state index in [1.807, 2.05) is 20.8 Å². The highest BCUT2D eigenvalue weighted by Gasteiger charge is 2.19. The molecule has 0 saturated carbocycles. The lowest BCUT2D eigenvalue weighted by Crippen LogP contribution is -2.33. The standard InChI is InChI=1S/C13H26O5Si/c1-5-9-15-19(16-10-6-2)17-11-12(7-3)18-13(14)8-4/h8,12,19H,4-7,9-11H2,1-3H3. The van der Waals surface area contributed by atoms with E-state index >= 15 is 0 Å². The van der Waals surface area contributed by atoms with Crippen LogP contribution in [0.15, 0.2) is 12.7 Å². The maximum absolute atomic E-state index is 11.1. The predicted molar refractivity (Wildman–Crippen MR) is 76.0 cm³/mol. The Kier molecular flexibility index (Phi) is 11.9. The highest BCUT2D eigenvalue weighted by atomic mass is 28.3. The first-order valence-corrected chi connectivity index (χ1v) is 8.27. The van der Waals surface area contributed by atoms with Crippen molar-refractivity contribution in [3.05, 3.63) is 12.7 Å². The van der Waals surface area contributed by atoms with E-state index in [-0.39, 0.29) is 6.10 Å². The normalized spacial score (nSPS) is 12.4. The molecule has 0 aliphatic heterocycles. The van der Waals surface area contributed by atoms with Gasteiger partial charge < -0.3 is 18.0 Å². The minimum Gasteiger partial charge on any atom is -0.457 e. The molecule has 6 heteroatoms. The van der Waals surface area contributed by atoms with Gasteiger partial charge in [0.25, 0.3) is 0 Å². The third-order valence-electron chi connectivity index (χ3n) is 2.24. The maximum atomic E-state index is 11.1. The number of carbonyl (C=O) groups is 1. The van der Waals surface area contributed by atoms with Gasteiger partial charge >= 0.3 is 15.5 Å². The van der Waals surface area contributed by atoms with Crippen molar-refractivity contribution < 1.29 is 22.8 Å². The number of esters is 1. The molecule has 0 N–H and O–H groups in total. The van der Waals surface area contributed by atoms with Crippen LogP contribution in [0.2, 0.25) is 0 Å². The Bertz CT molecular complexity index is 239. The van der Waals surface area contributed by atoms with Gasteiger partial charge in [0, 0.05) is 19.3 Å². The zero-order valence-corrected chi connectivity index (χ0v) is 13.4. The van der Waals surface area contributed by atoms with E-state index in [4.69, 9.17) is 18.0 Å². The van der Waals surface area contributed by atoms with Gasteiger partial charge in [-0.25, -0.2) is 4.79 Å². The summed E-state index contributed by atoms with van der Waals surface area (Å²) in [7, 11) is -2.11. The van der Waals surface area contributed by atoms with Crippen molar-refractivity contribution in [3.8, 4) is 0 Å². The first-order valence-electron chi connectivity index (χ1n) is 6.85. The monoisotopic (exact) mass is 290 g/mol.